The molecule has 2 heterocycles. The summed E-state index contributed by atoms with van der Waals surface area (Å²) in [6.45, 7) is 2.21. The van der Waals surface area contributed by atoms with Crippen LogP contribution in [0.4, 0.5) is 0 Å². The van der Waals surface area contributed by atoms with Gasteiger partial charge in [-0.05, 0) is 19.1 Å². The lowest BCUT2D eigenvalue weighted by molar-refractivity contribution is -0.142. The zero-order valence-corrected chi connectivity index (χ0v) is 10.2. The van der Waals surface area contributed by atoms with Crippen LogP contribution in [0.15, 0.2) is 30.7 Å². The van der Waals surface area contributed by atoms with Gasteiger partial charge in [0.15, 0.2) is 0 Å². The summed E-state index contributed by atoms with van der Waals surface area (Å²) in [4.78, 5) is 20.5. The van der Waals surface area contributed by atoms with E-state index in [2.05, 4.69) is 9.97 Å². The smallest absolute Gasteiger partial charge is 0.311 e. The molecular weight excluding hydrogens is 236 g/mol. The number of carbonyl (C=O) groups excluding carboxylic acids is 1. The zero-order chi connectivity index (χ0) is 12.1. The third-order valence-electron chi connectivity index (χ3n) is 2.10. The molecular formula is C12H12N2O2S. The second kappa shape index (κ2) is 5.54. The fourth-order valence-electron chi connectivity index (χ4n) is 1.37. The van der Waals surface area contributed by atoms with Crippen molar-refractivity contribution in [1.82, 2.24) is 9.97 Å². The molecule has 0 unspecified atom stereocenters. The predicted molar refractivity (Wildman–Crippen MR) is 65.7 cm³/mol. The van der Waals surface area contributed by atoms with Crippen molar-refractivity contribution in [2.45, 2.75) is 13.3 Å². The van der Waals surface area contributed by atoms with E-state index in [1.807, 2.05) is 12.1 Å². The van der Waals surface area contributed by atoms with E-state index in [0.717, 1.165) is 15.4 Å². The molecule has 0 saturated heterocycles. The van der Waals surface area contributed by atoms with E-state index in [9.17, 15) is 4.79 Å². The summed E-state index contributed by atoms with van der Waals surface area (Å²) in [5.41, 5.74) is 1.01. The van der Waals surface area contributed by atoms with E-state index in [1.165, 1.54) is 11.3 Å². The van der Waals surface area contributed by atoms with Gasteiger partial charge in [-0.2, -0.15) is 0 Å². The minimum absolute atomic E-state index is 0.211. The second-order valence-corrected chi connectivity index (χ2v) is 4.46. The average Bonchev–Trinajstić information content (AvgIpc) is 2.79. The van der Waals surface area contributed by atoms with E-state index in [0.29, 0.717) is 6.61 Å². The number of hydrogen-bond donors (Lipinski definition) is 0. The number of rotatable bonds is 4. The Morgan fingerprint density at radius 1 is 1.41 bits per heavy atom. The number of carbonyl (C=O) groups is 1. The van der Waals surface area contributed by atoms with Crippen LogP contribution in [-0.4, -0.2) is 22.5 Å². The van der Waals surface area contributed by atoms with Gasteiger partial charge < -0.3 is 4.74 Å². The number of ether oxygens (including phenoxy) is 1. The molecule has 0 radical (unpaired) electrons. The zero-order valence-electron chi connectivity index (χ0n) is 9.42. The molecule has 0 fully saturated rings. The summed E-state index contributed by atoms with van der Waals surface area (Å²) in [6, 6.07) is 3.79. The molecule has 0 N–H and O–H groups in total. The summed E-state index contributed by atoms with van der Waals surface area (Å²) in [7, 11) is 0. The van der Waals surface area contributed by atoms with Crippen LogP contribution in [0.5, 0.6) is 0 Å². The molecule has 17 heavy (non-hydrogen) atoms. The standard InChI is InChI=1S/C12H12N2O2S/c1-2-16-11(15)7-10-8-14-12(17-10)9-3-5-13-6-4-9/h3-6,8H,2,7H2,1H3. The van der Waals surface area contributed by atoms with Crippen LogP contribution in [-0.2, 0) is 16.0 Å². The van der Waals surface area contributed by atoms with Crippen molar-refractivity contribution in [1.29, 1.82) is 0 Å². The molecule has 0 aromatic carbocycles. The third-order valence-corrected chi connectivity index (χ3v) is 3.15. The first-order chi connectivity index (χ1) is 8.29. The number of esters is 1. The minimum Gasteiger partial charge on any atom is -0.466 e. The Labute approximate surface area is 103 Å². The number of thiazole rings is 1. The number of nitrogens with zero attached hydrogens (tertiary/aromatic N) is 2. The highest BCUT2D eigenvalue weighted by Crippen LogP contribution is 2.24. The SMILES string of the molecule is CCOC(=O)Cc1cnc(-c2ccncc2)s1. The van der Waals surface area contributed by atoms with Crippen molar-refractivity contribution in [2.75, 3.05) is 6.61 Å². The highest BCUT2D eigenvalue weighted by atomic mass is 32.1. The fourth-order valence-corrected chi connectivity index (χ4v) is 2.27. The Bertz CT molecular complexity index is 496. The first kappa shape index (κ1) is 11.7. The van der Waals surface area contributed by atoms with Gasteiger partial charge in [-0.15, -0.1) is 11.3 Å². The van der Waals surface area contributed by atoms with Crippen molar-refractivity contribution in [3.05, 3.63) is 35.6 Å². The van der Waals surface area contributed by atoms with Crippen molar-refractivity contribution in [2.24, 2.45) is 0 Å². The van der Waals surface area contributed by atoms with Crippen molar-refractivity contribution < 1.29 is 9.53 Å². The summed E-state index contributed by atoms with van der Waals surface area (Å²) in [6.07, 6.45) is 5.46. The van der Waals surface area contributed by atoms with Crippen LogP contribution in [0.3, 0.4) is 0 Å². The van der Waals surface area contributed by atoms with E-state index in [1.54, 1.807) is 25.5 Å². The lowest BCUT2D eigenvalue weighted by Crippen LogP contribution is -2.06. The highest BCUT2D eigenvalue weighted by Gasteiger charge is 2.09. The Morgan fingerprint density at radius 3 is 2.88 bits per heavy atom. The van der Waals surface area contributed by atoms with Crippen LogP contribution < -0.4 is 0 Å². The van der Waals surface area contributed by atoms with E-state index in [-0.39, 0.29) is 12.4 Å². The summed E-state index contributed by atoms with van der Waals surface area (Å²) >= 11 is 1.50. The van der Waals surface area contributed by atoms with Gasteiger partial charge in [-0.3, -0.25) is 9.78 Å². The molecule has 0 aliphatic rings. The summed E-state index contributed by atoms with van der Waals surface area (Å²) < 4.78 is 4.89. The molecule has 5 heteroatoms. The van der Waals surface area contributed by atoms with Gasteiger partial charge in [0.05, 0.1) is 13.0 Å². The first-order valence-electron chi connectivity index (χ1n) is 5.30. The highest BCUT2D eigenvalue weighted by molar-refractivity contribution is 7.15. The lowest BCUT2D eigenvalue weighted by Gasteiger charge is -1.97. The molecule has 0 aliphatic carbocycles. The third kappa shape index (κ3) is 3.10. The lowest BCUT2D eigenvalue weighted by atomic mass is 10.3. The van der Waals surface area contributed by atoms with Gasteiger partial charge in [0.25, 0.3) is 0 Å². The number of aromatic nitrogens is 2. The van der Waals surface area contributed by atoms with E-state index >= 15 is 0 Å². The maximum absolute atomic E-state index is 11.3. The summed E-state index contributed by atoms with van der Waals surface area (Å²) in [5, 5.41) is 0.895. The van der Waals surface area contributed by atoms with E-state index in [4.69, 9.17) is 4.74 Å². The molecule has 0 amide bonds. The van der Waals surface area contributed by atoms with Gasteiger partial charge in [0, 0.05) is 29.0 Å². The van der Waals surface area contributed by atoms with Gasteiger partial charge in [0.2, 0.25) is 0 Å². The quantitative estimate of drug-likeness (QED) is 0.779. The Balaban J connectivity index is 2.09. The largest absolute Gasteiger partial charge is 0.466 e. The van der Waals surface area contributed by atoms with Crippen molar-refractivity contribution in [3.63, 3.8) is 0 Å². The molecule has 4 nitrogen and oxygen atoms in total. The maximum atomic E-state index is 11.3. The number of hydrogen-bond acceptors (Lipinski definition) is 5. The van der Waals surface area contributed by atoms with Gasteiger partial charge in [-0.25, -0.2) is 4.98 Å². The Morgan fingerprint density at radius 2 is 2.18 bits per heavy atom. The molecule has 0 spiro atoms. The molecule has 0 saturated carbocycles. The number of pyridine rings is 1. The van der Waals surface area contributed by atoms with Crippen LogP contribution in [0, 0.1) is 0 Å². The summed E-state index contributed by atoms with van der Waals surface area (Å²) in [5.74, 6) is -0.211. The molecule has 2 aromatic rings. The van der Waals surface area contributed by atoms with Crippen LogP contribution in [0.1, 0.15) is 11.8 Å². The van der Waals surface area contributed by atoms with Crippen LogP contribution in [0.25, 0.3) is 10.6 Å². The minimum atomic E-state index is -0.211. The Kier molecular flexibility index (Phi) is 3.82. The van der Waals surface area contributed by atoms with Crippen molar-refractivity contribution >= 4 is 17.3 Å². The molecule has 2 aromatic heterocycles. The average molecular weight is 248 g/mol. The van der Waals surface area contributed by atoms with E-state index < -0.39 is 0 Å². The Hall–Kier alpha value is -1.75. The van der Waals surface area contributed by atoms with Crippen molar-refractivity contribution in [3.8, 4) is 10.6 Å². The van der Waals surface area contributed by atoms with Crippen LogP contribution >= 0.6 is 11.3 Å². The van der Waals surface area contributed by atoms with Gasteiger partial charge >= 0.3 is 5.97 Å². The van der Waals surface area contributed by atoms with Gasteiger partial charge in [0.1, 0.15) is 5.01 Å². The normalized spacial score (nSPS) is 10.2. The monoisotopic (exact) mass is 248 g/mol. The second-order valence-electron chi connectivity index (χ2n) is 3.35. The molecule has 2 rings (SSSR count). The maximum Gasteiger partial charge on any atom is 0.311 e. The predicted octanol–water partition coefficient (Wildman–Crippen LogP) is 2.31. The molecule has 0 bridgehead atoms. The van der Waals surface area contributed by atoms with Gasteiger partial charge in [-0.1, -0.05) is 0 Å². The van der Waals surface area contributed by atoms with Crippen LogP contribution in [0.2, 0.25) is 0 Å². The molecule has 0 atom stereocenters. The first-order valence-corrected chi connectivity index (χ1v) is 6.12. The molecule has 88 valence electrons. The topological polar surface area (TPSA) is 52.1 Å². The fraction of sp³-hybridized carbons (Fsp3) is 0.250. The molecule has 0 aliphatic heterocycles.